The van der Waals surface area contributed by atoms with E-state index in [2.05, 4.69) is 28.1 Å². The summed E-state index contributed by atoms with van der Waals surface area (Å²) >= 11 is 0. The van der Waals surface area contributed by atoms with E-state index in [-0.39, 0.29) is 24.1 Å². The van der Waals surface area contributed by atoms with Gasteiger partial charge in [0.1, 0.15) is 5.82 Å². The van der Waals surface area contributed by atoms with Crippen molar-refractivity contribution in [2.75, 3.05) is 11.1 Å². The van der Waals surface area contributed by atoms with E-state index in [0.717, 1.165) is 42.7 Å². The van der Waals surface area contributed by atoms with Gasteiger partial charge in [-0.3, -0.25) is 9.20 Å². The maximum absolute atomic E-state index is 13.1. The van der Waals surface area contributed by atoms with E-state index in [9.17, 15) is 18.0 Å². The summed E-state index contributed by atoms with van der Waals surface area (Å²) in [6, 6.07) is 3.49. The monoisotopic (exact) mass is 456 g/mol. The molecule has 5 rings (SSSR count). The van der Waals surface area contributed by atoms with Crippen LogP contribution >= 0.6 is 0 Å². The van der Waals surface area contributed by atoms with E-state index >= 15 is 0 Å². The molecule has 172 valence electrons. The number of carbonyl (C=O) groups excluding carboxylic acids is 1. The van der Waals surface area contributed by atoms with Gasteiger partial charge in [-0.05, 0) is 36.6 Å². The van der Waals surface area contributed by atoms with Gasteiger partial charge in [-0.2, -0.15) is 18.2 Å². The fraction of sp³-hybridized carbons (Fsp3) is 0.348. The largest absolute Gasteiger partial charge is 0.416 e. The Labute approximate surface area is 188 Å². The van der Waals surface area contributed by atoms with E-state index in [0.29, 0.717) is 30.2 Å². The second-order valence-corrected chi connectivity index (χ2v) is 8.12. The Kier molecular flexibility index (Phi) is 5.89. The first-order valence-corrected chi connectivity index (χ1v) is 10.5. The van der Waals surface area contributed by atoms with Crippen molar-refractivity contribution in [3.8, 4) is 12.8 Å². The molecule has 0 unspecified atom stereocenters. The lowest BCUT2D eigenvalue weighted by Crippen LogP contribution is -2.35. The molecule has 3 N–H and O–H groups in total. The van der Waals surface area contributed by atoms with Gasteiger partial charge in [0.25, 0.3) is 0 Å². The van der Waals surface area contributed by atoms with Gasteiger partial charge in [0.15, 0.2) is 0 Å². The lowest BCUT2D eigenvalue weighted by Gasteiger charge is -2.28. The molecule has 0 saturated heterocycles. The van der Waals surface area contributed by atoms with Gasteiger partial charge in [-0.15, -0.1) is 12.8 Å². The minimum absolute atomic E-state index is 0.0470. The quantitative estimate of drug-likeness (QED) is 0.460. The number of hydrogen-bond donors (Lipinski definition) is 2. The maximum atomic E-state index is 13.1. The Morgan fingerprint density at radius 1 is 1.21 bits per heavy atom. The first kappa shape index (κ1) is 22.5. The zero-order valence-corrected chi connectivity index (χ0v) is 17.8. The number of imidazole rings is 1. The van der Waals surface area contributed by atoms with Crippen LogP contribution in [0.3, 0.4) is 0 Å². The molecule has 3 heterocycles. The molecule has 0 radical (unpaired) electrons. The lowest BCUT2D eigenvalue weighted by atomic mass is 9.84. The Balaban J connectivity index is 0.00000126. The van der Waals surface area contributed by atoms with Crippen molar-refractivity contribution in [1.82, 2.24) is 19.3 Å². The van der Waals surface area contributed by atoms with Crippen molar-refractivity contribution in [3.05, 3.63) is 53.0 Å². The third kappa shape index (κ3) is 4.31. The third-order valence-electron chi connectivity index (χ3n) is 6.02. The van der Waals surface area contributed by atoms with Crippen LogP contribution in [-0.2, 0) is 30.6 Å². The summed E-state index contributed by atoms with van der Waals surface area (Å²) in [5.41, 5.74) is 7.10. The fourth-order valence-corrected chi connectivity index (χ4v) is 4.19. The van der Waals surface area contributed by atoms with Crippen LogP contribution in [0, 0.1) is 18.8 Å². The number of nitrogens with two attached hydrogens (primary N) is 1. The number of aromatic nitrogens is 3. The Bertz CT molecular complexity index is 1210. The minimum Gasteiger partial charge on any atom is -0.399 e. The molecule has 33 heavy (non-hydrogen) atoms. The minimum atomic E-state index is -4.47. The van der Waals surface area contributed by atoms with Gasteiger partial charge >= 0.3 is 6.18 Å². The number of nitrogen functional groups attached to an aromatic ring is 1. The summed E-state index contributed by atoms with van der Waals surface area (Å²) in [4.78, 5) is 23.4. The van der Waals surface area contributed by atoms with Crippen molar-refractivity contribution in [1.29, 1.82) is 0 Å². The average Bonchev–Trinajstić information content (AvgIpc) is 3.38. The molecular formula is C23H23F3N6O. The highest BCUT2D eigenvalue weighted by Crippen LogP contribution is 2.35. The van der Waals surface area contributed by atoms with Crippen molar-refractivity contribution in [2.45, 2.75) is 45.1 Å². The van der Waals surface area contributed by atoms with Crippen LogP contribution in [0.5, 0.6) is 0 Å². The number of rotatable bonds is 4. The van der Waals surface area contributed by atoms with Crippen LogP contribution < -0.4 is 11.1 Å². The molecular weight excluding hydrogens is 433 g/mol. The molecule has 2 aliphatic rings. The molecule has 7 nitrogen and oxygen atoms in total. The number of terminal acetylenes is 1. The number of amides is 1. The summed E-state index contributed by atoms with van der Waals surface area (Å²) < 4.78 is 41.2. The molecule has 0 atom stereocenters. The Morgan fingerprint density at radius 3 is 2.64 bits per heavy atom. The van der Waals surface area contributed by atoms with Crippen LogP contribution in [0.15, 0.2) is 30.6 Å². The zero-order valence-electron chi connectivity index (χ0n) is 17.8. The molecule has 1 aliphatic heterocycles. The molecule has 2 aromatic heterocycles. The predicted octanol–water partition coefficient (Wildman–Crippen LogP) is 3.83. The molecule has 1 aromatic carbocycles. The van der Waals surface area contributed by atoms with Gasteiger partial charge in [0.05, 0.1) is 24.3 Å². The van der Waals surface area contributed by atoms with Crippen LogP contribution in [0.25, 0.3) is 5.78 Å². The zero-order chi connectivity index (χ0) is 23.8. The summed E-state index contributed by atoms with van der Waals surface area (Å²) in [5.74, 6) is 1.23. The molecule has 0 bridgehead atoms. The smallest absolute Gasteiger partial charge is 0.399 e. The number of nitrogens with zero attached hydrogens (tertiary/aromatic N) is 4. The van der Waals surface area contributed by atoms with Gasteiger partial charge < -0.3 is 16.0 Å². The van der Waals surface area contributed by atoms with Crippen LogP contribution in [-0.4, -0.2) is 25.2 Å². The highest BCUT2D eigenvalue weighted by atomic mass is 19.4. The average molecular weight is 456 g/mol. The summed E-state index contributed by atoms with van der Waals surface area (Å²) in [7, 11) is 0. The number of nitrogens with one attached hydrogen (secondary N) is 1. The van der Waals surface area contributed by atoms with Crippen molar-refractivity contribution < 1.29 is 18.0 Å². The van der Waals surface area contributed by atoms with E-state index in [1.807, 2.05) is 9.30 Å². The van der Waals surface area contributed by atoms with Crippen molar-refractivity contribution in [2.24, 2.45) is 5.92 Å². The SMILES string of the molecule is C#C.Nc1cc(CNc2nc3nccn3c3c2CN(C(=O)C2CCC2)C3)cc(C(F)(F)F)c1. The molecule has 1 fully saturated rings. The first-order valence-electron chi connectivity index (χ1n) is 10.5. The molecule has 1 amide bonds. The van der Waals surface area contributed by atoms with Gasteiger partial charge in [0.2, 0.25) is 11.7 Å². The highest BCUT2D eigenvalue weighted by Gasteiger charge is 2.35. The molecule has 0 spiro atoms. The van der Waals surface area contributed by atoms with Crippen LogP contribution in [0.4, 0.5) is 24.7 Å². The molecule has 10 heteroatoms. The first-order chi connectivity index (χ1) is 15.8. The second-order valence-electron chi connectivity index (χ2n) is 8.12. The summed E-state index contributed by atoms with van der Waals surface area (Å²) in [6.45, 7) is 0.991. The molecule has 3 aromatic rings. The summed E-state index contributed by atoms with van der Waals surface area (Å²) in [5, 5.41) is 3.14. The Hall–Kier alpha value is -3.74. The summed E-state index contributed by atoms with van der Waals surface area (Å²) in [6.07, 6.45) is 9.89. The van der Waals surface area contributed by atoms with Crippen molar-refractivity contribution >= 4 is 23.2 Å². The predicted molar refractivity (Wildman–Crippen MR) is 118 cm³/mol. The number of hydrogen-bond acceptors (Lipinski definition) is 5. The molecule has 1 aliphatic carbocycles. The van der Waals surface area contributed by atoms with E-state index in [1.54, 1.807) is 12.4 Å². The molecule has 1 saturated carbocycles. The topological polar surface area (TPSA) is 88.5 Å². The van der Waals surface area contributed by atoms with Gasteiger partial charge in [0, 0.05) is 36.1 Å². The standard InChI is InChI=1S/C21H21F3N6O.C2H2/c22-21(23,24)14-6-12(7-15(25)8-14)9-27-18-16-10-29(19(31)13-2-1-3-13)11-17(16)30-5-4-26-20(30)28-18;1-2/h4-8,13H,1-3,9-11,25H2,(H,26,27,28);1-2H. The van der Waals surface area contributed by atoms with Gasteiger partial charge in [-0.1, -0.05) is 6.42 Å². The number of halogens is 3. The fourth-order valence-electron chi connectivity index (χ4n) is 4.19. The Morgan fingerprint density at radius 2 is 1.97 bits per heavy atom. The van der Waals surface area contributed by atoms with Crippen molar-refractivity contribution in [3.63, 3.8) is 0 Å². The van der Waals surface area contributed by atoms with E-state index in [4.69, 9.17) is 5.73 Å². The highest BCUT2D eigenvalue weighted by molar-refractivity contribution is 5.80. The third-order valence-corrected chi connectivity index (χ3v) is 6.02. The second kappa shape index (κ2) is 8.65. The maximum Gasteiger partial charge on any atom is 0.416 e. The van der Waals surface area contributed by atoms with Gasteiger partial charge in [-0.25, -0.2) is 4.98 Å². The normalized spacial score (nSPS) is 15.5. The van der Waals surface area contributed by atoms with E-state index in [1.165, 1.54) is 6.07 Å². The van der Waals surface area contributed by atoms with Crippen LogP contribution in [0.1, 0.15) is 41.6 Å². The van der Waals surface area contributed by atoms with Crippen LogP contribution in [0.2, 0.25) is 0 Å². The lowest BCUT2D eigenvalue weighted by molar-refractivity contribution is -0.139. The number of carbonyl (C=O) groups is 1. The number of anilines is 2. The number of alkyl halides is 3. The number of benzene rings is 1. The van der Waals surface area contributed by atoms with E-state index < -0.39 is 11.7 Å². The number of fused-ring (bicyclic) bond motifs is 3.